The molecule has 0 aromatic carbocycles. The average molecular weight is 256 g/mol. The maximum Gasteiger partial charge on any atom is 0.272 e. The molecule has 3 rings (SSSR count). The zero-order valence-electron chi connectivity index (χ0n) is 10.9. The van der Waals surface area contributed by atoms with Gasteiger partial charge in [-0.2, -0.15) is 0 Å². The van der Waals surface area contributed by atoms with E-state index in [0.29, 0.717) is 5.69 Å². The van der Waals surface area contributed by atoms with Crippen LogP contribution in [0.3, 0.4) is 0 Å². The number of aromatic nitrogens is 3. The summed E-state index contributed by atoms with van der Waals surface area (Å²) in [4.78, 5) is 22.6. The standard InChI is InChI=1S/C14H16N4O/c1-17-10-16-9-13(17)14(19)18-7-3-5-12(18)11-4-2-6-15-8-11/h2,4,6,8-10,12H,3,5,7H2,1H3. The smallest absolute Gasteiger partial charge is 0.272 e. The second kappa shape index (κ2) is 4.84. The van der Waals surface area contributed by atoms with Crippen LogP contribution in [-0.2, 0) is 7.05 Å². The fourth-order valence-electron chi connectivity index (χ4n) is 2.64. The Morgan fingerprint density at radius 3 is 2.95 bits per heavy atom. The van der Waals surface area contributed by atoms with Gasteiger partial charge in [0.1, 0.15) is 5.69 Å². The molecule has 5 nitrogen and oxygen atoms in total. The summed E-state index contributed by atoms with van der Waals surface area (Å²) in [6, 6.07) is 4.09. The molecular formula is C14H16N4O. The maximum absolute atomic E-state index is 12.6. The minimum atomic E-state index is 0.0475. The van der Waals surface area contributed by atoms with Crippen LogP contribution in [0.25, 0.3) is 0 Å². The third-order valence-corrected chi connectivity index (χ3v) is 3.62. The second-order valence-electron chi connectivity index (χ2n) is 4.83. The predicted octanol–water partition coefficient (Wildman–Crippen LogP) is 1.79. The lowest BCUT2D eigenvalue weighted by Gasteiger charge is -2.24. The van der Waals surface area contributed by atoms with Crippen molar-refractivity contribution in [3.8, 4) is 0 Å². The van der Waals surface area contributed by atoms with Crippen molar-refractivity contribution >= 4 is 5.91 Å². The van der Waals surface area contributed by atoms with Crippen molar-refractivity contribution in [2.45, 2.75) is 18.9 Å². The highest BCUT2D eigenvalue weighted by atomic mass is 16.2. The van der Waals surface area contributed by atoms with Crippen molar-refractivity contribution in [1.29, 1.82) is 0 Å². The van der Waals surface area contributed by atoms with Crippen molar-refractivity contribution in [3.63, 3.8) is 0 Å². The molecule has 0 N–H and O–H groups in total. The average Bonchev–Trinajstić information content (AvgIpc) is 3.07. The van der Waals surface area contributed by atoms with Crippen LogP contribution in [-0.4, -0.2) is 31.9 Å². The number of carbonyl (C=O) groups is 1. The van der Waals surface area contributed by atoms with Gasteiger partial charge in [-0.1, -0.05) is 6.07 Å². The second-order valence-corrected chi connectivity index (χ2v) is 4.83. The van der Waals surface area contributed by atoms with Gasteiger partial charge in [0.15, 0.2) is 0 Å². The first-order valence-corrected chi connectivity index (χ1v) is 6.44. The van der Waals surface area contributed by atoms with Crippen LogP contribution in [0, 0.1) is 0 Å². The van der Waals surface area contributed by atoms with Gasteiger partial charge in [0, 0.05) is 26.0 Å². The number of rotatable bonds is 2. The number of carbonyl (C=O) groups excluding carboxylic acids is 1. The number of nitrogens with zero attached hydrogens (tertiary/aromatic N) is 4. The first kappa shape index (κ1) is 11.9. The highest BCUT2D eigenvalue weighted by molar-refractivity contribution is 5.92. The van der Waals surface area contributed by atoms with E-state index >= 15 is 0 Å². The Bertz CT molecular complexity index is 578. The molecule has 2 aromatic heterocycles. The van der Waals surface area contributed by atoms with E-state index in [-0.39, 0.29) is 11.9 Å². The molecule has 1 amide bonds. The van der Waals surface area contributed by atoms with Gasteiger partial charge in [-0.3, -0.25) is 9.78 Å². The number of amides is 1. The normalized spacial score (nSPS) is 18.8. The van der Waals surface area contributed by atoms with Crippen LogP contribution in [0.5, 0.6) is 0 Å². The molecule has 5 heteroatoms. The first-order chi connectivity index (χ1) is 9.27. The molecule has 1 atom stereocenters. The van der Waals surface area contributed by atoms with Gasteiger partial charge >= 0.3 is 0 Å². The summed E-state index contributed by atoms with van der Waals surface area (Å²) >= 11 is 0. The molecule has 0 aliphatic carbocycles. The van der Waals surface area contributed by atoms with Crippen molar-refractivity contribution in [2.75, 3.05) is 6.54 Å². The van der Waals surface area contributed by atoms with Crippen molar-refractivity contribution in [2.24, 2.45) is 7.05 Å². The van der Waals surface area contributed by atoms with Gasteiger partial charge in [-0.05, 0) is 24.5 Å². The predicted molar refractivity (Wildman–Crippen MR) is 70.5 cm³/mol. The summed E-state index contributed by atoms with van der Waals surface area (Å²) in [6.07, 6.45) is 8.91. The third-order valence-electron chi connectivity index (χ3n) is 3.62. The Labute approximate surface area is 111 Å². The summed E-state index contributed by atoms with van der Waals surface area (Å²) in [5.74, 6) is 0.0475. The lowest BCUT2D eigenvalue weighted by atomic mass is 10.1. The van der Waals surface area contributed by atoms with E-state index in [9.17, 15) is 4.79 Å². The van der Waals surface area contributed by atoms with Gasteiger partial charge in [0.05, 0.1) is 18.6 Å². The summed E-state index contributed by atoms with van der Waals surface area (Å²) in [5.41, 5.74) is 1.74. The molecule has 1 unspecified atom stereocenters. The molecule has 3 heterocycles. The van der Waals surface area contributed by atoms with Crippen LogP contribution in [0.2, 0.25) is 0 Å². The van der Waals surface area contributed by atoms with E-state index in [2.05, 4.69) is 9.97 Å². The van der Waals surface area contributed by atoms with E-state index in [1.165, 1.54) is 0 Å². The number of aryl methyl sites for hydroxylation is 1. The van der Waals surface area contributed by atoms with E-state index in [1.54, 1.807) is 23.3 Å². The maximum atomic E-state index is 12.6. The number of hydrogen-bond donors (Lipinski definition) is 0. The fourth-order valence-corrected chi connectivity index (χ4v) is 2.64. The molecule has 0 saturated carbocycles. The van der Waals surface area contributed by atoms with E-state index < -0.39 is 0 Å². The molecule has 98 valence electrons. The van der Waals surface area contributed by atoms with Crippen molar-refractivity contribution in [3.05, 3.63) is 48.3 Å². The highest BCUT2D eigenvalue weighted by Crippen LogP contribution is 2.32. The summed E-state index contributed by atoms with van der Waals surface area (Å²) in [7, 11) is 1.84. The molecule has 0 radical (unpaired) electrons. The number of pyridine rings is 1. The molecule has 1 aliphatic heterocycles. The van der Waals surface area contributed by atoms with Gasteiger partial charge in [-0.15, -0.1) is 0 Å². The minimum absolute atomic E-state index is 0.0475. The monoisotopic (exact) mass is 256 g/mol. The fraction of sp³-hybridized carbons (Fsp3) is 0.357. The molecule has 1 fully saturated rings. The summed E-state index contributed by atoms with van der Waals surface area (Å²) in [6.45, 7) is 0.795. The van der Waals surface area contributed by atoms with E-state index in [0.717, 1.165) is 24.9 Å². The summed E-state index contributed by atoms with van der Waals surface area (Å²) in [5, 5.41) is 0. The number of imidazole rings is 1. The largest absolute Gasteiger partial charge is 0.330 e. The molecule has 1 aliphatic rings. The lowest BCUT2D eigenvalue weighted by Crippen LogP contribution is -2.31. The lowest BCUT2D eigenvalue weighted by molar-refractivity contribution is 0.0725. The Kier molecular flexibility index (Phi) is 3.03. The number of likely N-dealkylation sites (tertiary alicyclic amines) is 1. The third kappa shape index (κ3) is 2.12. The van der Waals surface area contributed by atoms with Crippen LogP contribution >= 0.6 is 0 Å². The van der Waals surface area contributed by atoms with E-state index in [4.69, 9.17) is 0 Å². The zero-order chi connectivity index (χ0) is 13.2. The van der Waals surface area contributed by atoms with Crippen LogP contribution in [0.15, 0.2) is 37.1 Å². The quantitative estimate of drug-likeness (QED) is 0.823. The molecule has 0 bridgehead atoms. The topological polar surface area (TPSA) is 51.0 Å². The van der Waals surface area contributed by atoms with Crippen LogP contribution in [0.1, 0.15) is 34.9 Å². The SMILES string of the molecule is Cn1cncc1C(=O)N1CCCC1c1cccnc1. The van der Waals surface area contributed by atoms with Crippen molar-refractivity contribution in [1.82, 2.24) is 19.4 Å². The first-order valence-electron chi connectivity index (χ1n) is 6.44. The van der Waals surface area contributed by atoms with Crippen LogP contribution in [0.4, 0.5) is 0 Å². The van der Waals surface area contributed by atoms with Crippen molar-refractivity contribution < 1.29 is 4.79 Å². The van der Waals surface area contributed by atoms with Gasteiger partial charge in [0.25, 0.3) is 5.91 Å². The molecule has 0 spiro atoms. The molecule has 2 aromatic rings. The molecule has 1 saturated heterocycles. The Hall–Kier alpha value is -2.17. The Morgan fingerprint density at radius 2 is 2.26 bits per heavy atom. The Morgan fingerprint density at radius 1 is 1.37 bits per heavy atom. The van der Waals surface area contributed by atoms with Gasteiger partial charge in [0.2, 0.25) is 0 Å². The van der Waals surface area contributed by atoms with Gasteiger partial charge in [-0.25, -0.2) is 4.98 Å². The van der Waals surface area contributed by atoms with Gasteiger partial charge < -0.3 is 9.47 Å². The number of hydrogen-bond acceptors (Lipinski definition) is 3. The highest BCUT2D eigenvalue weighted by Gasteiger charge is 2.31. The zero-order valence-corrected chi connectivity index (χ0v) is 10.9. The minimum Gasteiger partial charge on any atom is -0.330 e. The van der Waals surface area contributed by atoms with Crippen LogP contribution < -0.4 is 0 Å². The molecular weight excluding hydrogens is 240 g/mol. The Balaban J connectivity index is 1.88. The molecule has 19 heavy (non-hydrogen) atoms. The van der Waals surface area contributed by atoms with E-state index in [1.807, 2.05) is 30.3 Å². The summed E-state index contributed by atoms with van der Waals surface area (Å²) < 4.78 is 1.76.